The quantitative estimate of drug-likeness (QED) is 0.387. The van der Waals surface area contributed by atoms with Crippen molar-refractivity contribution < 1.29 is 21.7 Å². The van der Waals surface area contributed by atoms with Crippen molar-refractivity contribution in [2.45, 2.75) is 19.3 Å². The van der Waals surface area contributed by atoms with Crippen molar-refractivity contribution in [3.05, 3.63) is 25.3 Å². The van der Waals surface area contributed by atoms with E-state index < -0.39 is 0 Å². The van der Waals surface area contributed by atoms with Crippen LogP contribution in [0.5, 0.6) is 0 Å². The van der Waals surface area contributed by atoms with Crippen LogP contribution in [0.25, 0.3) is 0 Å². The standard InChI is InChI=1S/C7H10.C2H4.Ti/c1-2-7-4-3-6(1)5-7;1-2;/h1-2,6-7H,3-5H2;1-2H2;. The van der Waals surface area contributed by atoms with Gasteiger partial charge in [0.2, 0.25) is 0 Å². The van der Waals surface area contributed by atoms with Gasteiger partial charge in [-0.15, -0.1) is 13.2 Å². The Bertz CT molecular complexity index is 106. The number of hydrogen-bond donors (Lipinski definition) is 0. The van der Waals surface area contributed by atoms with Gasteiger partial charge in [-0.3, -0.25) is 0 Å². The smallest absolute Gasteiger partial charge is 0 e. The van der Waals surface area contributed by atoms with Crippen molar-refractivity contribution >= 4 is 0 Å². The van der Waals surface area contributed by atoms with E-state index >= 15 is 0 Å². The van der Waals surface area contributed by atoms with Crippen molar-refractivity contribution in [3.8, 4) is 0 Å². The summed E-state index contributed by atoms with van der Waals surface area (Å²) in [6.45, 7) is 6.00. The molecular formula is C9H14Ti. The first kappa shape index (κ1) is 10.2. The maximum Gasteiger partial charge on any atom is 0 e. The van der Waals surface area contributed by atoms with Gasteiger partial charge in [-0.1, -0.05) is 12.2 Å². The maximum absolute atomic E-state index is 3.00. The molecule has 0 aliphatic heterocycles. The minimum absolute atomic E-state index is 0. The van der Waals surface area contributed by atoms with E-state index in [2.05, 4.69) is 25.3 Å². The summed E-state index contributed by atoms with van der Waals surface area (Å²) in [6, 6.07) is 0. The molecule has 2 aliphatic carbocycles. The van der Waals surface area contributed by atoms with Crippen molar-refractivity contribution in [1.29, 1.82) is 0 Å². The molecule has 0 spiro atoms. The number of rotatable bonds is 0. The SMILES string of the molecule is C1=CC2CCC1C2.C=C.[Ti]. The third-order valence-electron chi connectivity index (χ3n) is 2.17. The molecule has 2 unspecified atom stereocenters. The minimum atomic E-state index is 0. The molecule has 1 fully saturated rings. The summed E-state index contributed by atoms with van der Waals surface area (Å²) in [7, 11) is 0. The monoisotopic (exact) mass is 170 g/mol. The third-order valence-corrected chi connectivity index (χ3v) is 2.17. The fourth-order valence-electron chi connectivity index (χ4n) is 1.72. The van der Waals surface area contributed by atoms with E-state index in [-0.39, 0.29) is 21.7 Å². The Morgan fingerprint density at radius 2 is 1.40 bits per heavy atom. The van der Waals surface area contributed by atoms with Crippen molar-refractivity contribution in [3.63, 3.8) is 0 Å². The van der Waals surface area contributed by atoms with Gasteiger partial charge in [0.1, 0.15) is 0 Å². The van der Waals surface area contributed by atoms with Gasteiger partial charge in [-0.05, 0) is 31.1 Å². The Kier molecular flexibility index (Phi) is 5.02. The molecule has 2 bridgehead atoms. The molecule has 10 heavy (non-hydrogen) atoms. The number of fused-ring (bicyclic) bond motifs is 2. The van der Waals surface area contributed by atoms with Crippen molar-refractivity contribution in [1.82, 2.24) is 0 Å². The summed E-state index contributed by atoms with van der Waals surface area (Å²) < 4.78 is 0. The maximum atomic E-state index is 3.00. The molecule has 0 saturated heterocycles. The van der Waals surface area contributed by atoms with Crippen LogP contribution in [0.15, 0.2) is 25.3 Å². The topological polar surface area (TPSA) is 0 Å². The molecule has 1 saturated carbocycles. The van der Waals surface area contributed by atoms with E-state index in [0.717, 1.165) is 11.8 Å². The average molecular weight is 170 g/mol. The van der Waals surface area contributed by atoms with Crippen LogP contribution in [0, 0.1) is 11.8 Å². The first-order valence-corrected chi connectivity index (χ1v) is 3.63. The molecule has 1 heteroatoms. The number of allylic oxidation sites excluding steroid dienone is 2. The van der Waals surface area contributed by atoms with Crippen molar-refractivity contribution in [2.24, 2.45) is 11.8 Å². The Balaban J connectivity index is 0.000000251. The molecule has 0 nitrogen and oxygen atoms in total. The number of hydrogen-bond acceptors (Lipinski definition) is 0. The molecule has 0 amide bonds. The Morgan fingerprint density at radius 1 is 1.00 bits per heavy atom. The molecule has 0 N–H and O–H groups in total. The second-order valence-corrected chi connectivity index (χ2v) is 2.72. The van der Waals surface area contributed by atoms with Gasteiger partial charge >= 0.3 is 0 Å². The van der Waals surface area contributed by atoms with E-state index in [4.69, 9.17) is 0 Å². The zero-order chi connectivity index (χ0) is 6.69. The van der Waals surface area contributed by atoms with Crippen LogP contribution in [0.2, 0.25) is 0 Å². The van der Waals surface area contributed by atoms with Gasteiger partial charge in [0.15, 0.2) is 0 Å². The van der Waals surface area contributed by atoms with Crippen LogP contribution in [-0.4, -0.2) is 0 Å². The van der Waals surface area contributed by atoms with Gasteiger partial charge in [0.25, 0.3) is 0 Å². The normalized spacial score (nSPS) is 32.4. The van der Waals surface area contributed by atoms with E-state index in [1.165, 1.54) is 19.3 Å². The van der Waals surface area contributed by atoms with Crippen molar-refractivity contribution in [2.75, 3.05) is 0 Å². The third kappa shape index (κ3) is 2.11. The van der Waals surface area contributed by atoms with Gasteiger partial charge in [-0.2, -0.15) is 0 Å². The summed E-state index contributed by atoms with van der Waals surface area (Å²) in [5.41, 5.74) is 0. The average Bonchev–Trinajstić information content (AvgIpc) is 2.53. The zero-order valence-corrected chi connectivity index (χ0v) is 7.91. The molecule has 54 valence electrons. The Hall–Kier alpha value is 0.194. The predicted molar refractivity (Wildman–Crippen MR) is 41.2 cm³/mol. The zero-order valence-electron chi connectivity index (χ0n) is 6.34. The summed E-state index contributed by atoms with van der Waals surface area (Å²) in [5, 5.41) is 0. The first-order chi connectivity index (χ1) is 4.45. The molecule has 0 aromatic heterocycles. The van der Waals surface area contributed by atoms with E-state index in [0.29, 0.717) is 0 Å². The molecule has 0 heterocycles. The molecule has 0 aromatic carbocycles. The molecule has 0 aromatic rings. The largest absolute Gasteiger partial charge is 0.106 e. The summed E-state index contributed by atoms with van der Waals surface area (Å²) in [6.07, 6.45) is 9.19. The molecule has 0 radical (unpaired) electrons. The first-order valence-electron chi connectivity index (χ1n) is 3.63. The summed E-state index contributed by atoms with van der Waals surface area (Å²) >= 11 is 0. The van der Waals surface area contributed by atoms with Crippen LogP contribution < -0.4 is 0 Å². The molecule has 2 aliphatic rings. The van der Waals surface area contributed by atoms with Crippen LogP contribution >= 0.6 is 0 Å². The van der Waals surface area contributed by atoms with Gasteiger partial charge in [0.05, 0.1) is 0 Å². The Labute approximate surface area is 78.3 Å². The van der Waals surface area contributed by atoms with Gasteiger partial charge in [0, 0.05) is 21.7 Å². The van der Waals surface area contributed by atoms with Crippen LogP contribution in [-0.2, 0) is 21.7 Å². The predicted octanol–water partition coefficient (Wildman–Crippen LogP) is 2.77. The fourth-order valence-corrected chi connectivity index (χ4v) is 1.72. The van der Waals surface area contributed by atoms with Crippen LogP contribution in [0.3, 0.4) is 0 Å². The molecule has 2 atom stereocenters. The minimum Gasteiger partial charge on any atom is -0.106 e. The second kappa shape index (κ2) is 4.93. The van der Waals surface area contributed by atoms with Crippen LogP contribution in [0.4, 0.5) is 0 Å². The van der Waals surface area contributed by atoms with E-state index in [1.807, 2.05) is 0 Å². The van der Waals surface area contributed by atoms with E-state index in [9.17, 15) is 0 Å². The second-order valence-electron chi connectivity index (χ2n) is 2.72. The summed E-state index contributed by atoms with van der Waals surface area (Å²) in [5.74, 6) is 1.98. The fraction of sp³-hybridized carbons (Fsp3) is 0.556. The Morgan fingerprint density at radius 3 is 1.50 bits per heavy atom. The van der Waals surface area contributed by atoms with E-state index in [1.54, 1.807) is 0 Å². The van der Waals surface area contributed by atoms with Gasteiger partial charge < -0.3 is 0 Å². The molecular weight excluding hydrogens is 156 g/mol. The molecule has 2 rings (SSSR count). The van der Waals surface area contributed by atoms with Gasteiger partial charge in [-0.25, -0.2) is 0 Å². The summed E-state index contributed by atoms with van der Waals surface area (Å²) in [4.78, 5) is 0. The van der Waals surface area contributed by atoms with Crippen LogP contribution in [0.1, 0.15) is 19.3 Å².